The molecule has 3 nitrogen and oxygen atoms in total. The predicted octanol–water partition coefficient (Wildman–Crippen LogP) is 2.05. The minimum Gasteiger partial charge on any atom is -0.336 e. The minimum absolute atomic E-state index is 0.512. The molecular formula is C12H17N3. The first-order valence-electron chi connectivity index (χ1n) is 5.62. The third-order valence-electron chi connectivity index (χ3n) is 3.44. The quantitative estimate of drug-likeness (QED) is 0.799. The summed E-state index contributed by atoms with van der Waals surface area (Å²) in [6.45, 7) is 0.809. The van der Waals surface area contributed by atoms with Gasteiger partial charge in [-0.3, -0.25) is 0 Å². The zero-order valence-corrected chi connectivity index (χ0v) is 8.89. The molecule has 0 amide bonds. The molecule has 0 radical (unpaired) electrons. The fourth-order valence-electron chi connectivity index (χ4n) is 2.47. The standard InChI is InChI=1S/C12H17N3/c13-8-10-3-5-11(6-4-10)15-7-1-2-12(15)9-14/h1-2,7,10-11H,3-6,8,13H2. The molecule has 15 heavy (non-hydrogen) atoms. The molecule has 0 spiro atoms. The summed E-state index contributed by atoms with van der Waals surface area (Å²) in [5, 5.41) is 8.95. The molecule has 1 fully saturated rings. The molecule has 0 aromatic carbocycles. The lowest BCUT2D eigenvalue weighted by Gasteiger charge is -2.29. The van der Waals surface area contributed by atoms with Gasteiger partial charge in [0.2, 0.25) is 0 Å². The van der Waals surface area contributed by atoms with Crippen molar-refractivity contribution in [3.8, 4) is 6.07 Å². The van der Waals surface area contributed by atoms with Gasteiger partial charge in [-0.1, -0.05) is 0 Å². The highest BCUT2D eigenvalue weighted by molar-refractivity contribution is 5.22. The van der Waals surface area contributed by atoms with Crippen molar-refractivity contribution in [3.63, 3.8) is 0 Å². The van der Waals surface area contributed by atoms with Gasteiger partial charge in [-0.2, -0.15) is 5.26 Å². The van der Waals surface area contributed by atoms with E-state index in [1.54, 1.807) is 0 Å². The molecule has 2 N–H and O–H groups in total. The largest absolute Gasteiger partial charge is 0.336 e. The van der Waals surface area contributed by atoms with Crippen LogP contribution in [0.2, 0.25) is 0 Å². The van der Waals surface area contributed by atoms with E-state index in [0.29, 0.717) is 12.0 Å². The van der Waals surface area contributed by atoms with Gasteiger partial charge in [0, 0.05) is 12.2 Å². The van der Waals surface area contributed by atoms with Gasteiger partial charge in [0.05, 0.1) is 0 Å². The Balaban J connectivity index is 2.05. The van der Waals surface area contributed by atoms with Gasteiger partial charge in [-0.25, -0.2) is 0 Å². The van der Waals surface area contributed by atoms with E-state index in [-0.39, 0.29) is 0 Å². The van der Waals surface area contributed by atoms with Crippen molar-refractivity contribution in [2.24, 2.45) is 11.7 Å². The average molecular weight is 203 g/mol. The molecule has 1 aromatic rings. The van der Waals surface area contributed by atoms with Gasteiger partial charge in [-0.05, 0) is 50.3 Å². The molecule has 3 heteroatoms. The van der Waals surface area contributed by atoms with Crippen molar-refractivity contribution in [2.75, 3.05) is 6.54 Å². The Morgan fingerprint density at radius 1 is 1.40 bits per heavy atom. The van der Waals surface area contributed by atoms with Crippen LogP contribution < -0.4 is 5.73 Å². The van der Waals surface area contributed by atoms with Gasteiger partial charge < -0.3 is 10.3 Å². The van der Waals surface area contributed by atoms with Crippen LogP contribution in [0.5, 0.6) is 0 Å². The summed E-state index contributed by atoms with van der Waals surface area (Å²) < 4.78 is 2.12. The van der Waals surface area contributed by atoms with Crippen LogP contribution in [0.25, 0.3) is 0 Å². The fourth-order valence-corrected chi connectivity index (χ4v) is 2.47. The van der Waals surface area contributed by atoms with Gasteiger partial charge in [-0.15, -0.1) is 0 Å². The molecule has 1 aliphatic carbocycles. The molecule has 0 unspecified atom stereocenters. The summed E-state index contributed by atoms with van der Waals surface area (Å²) in [4.78, 5) is 0. The Morgan fingerprint density at radius 2 is 2.13 bits per heavy atom. The molecule has 0 bridgehead atoms. The van der Waals surface area contributed by atoms with Crippen molar-refractivity contribution < 1.29 is 0 Å². The molecule has 0 saturated heterocycles. The molecule has 80 valence electrons. The van der Waals surface area contributed by atoms with E-state index in [0.717, 1.165) is 25.1 Å². The van der Waals surface area contributed by atoms with Gasteiger partial charge in [0.1, 0.15) is 11.8 Å². The SMILES string of the molecule is N#Cc1cccn1C1CCC(CN)CC1. The topological polar surface area (TPSA) is 54.7 Å². The van der Waals surface area contributed by atoms with E-state index < -0.39 is 0 Å². The molecule has 1 aromatic heterocycles. The van der Waals surface area contributed by atoms with Gasteiger partial charge in [0.25, 0.3) is 0 Å². The number of aromatic nitrogens is 1. The smallest absolute Gasteiger partial charge is 0.120 e. The summed E-state index contributed by atoms with van der Waals surface area (Å²) in [6.07, 6.45) is 6.73. The number of hydrogen-bond acceptors (Lipinski definition) is 2. The molecule has 0 aliphatic heterocycles. The summed E-state index contributed by atoms with van der Waals surface area (Å²) in [7, 11) is 0. The third-order valence-corrected chi connectivity index (χ3v) is 3.44. The predicted molar refractivity (Wildman–Crippen MR) is 59.2 cm³/mol. The highest BCUT2D eigenvalue weighted by Gasteiger charge is 2.22. The average Bonchev–Trinajstić information content (AvgIpc) is 2.77. The Hall–Kier alpha value is -1.27. The van der Waals surface area contributed by atoms with E-state index in [2.05, 4.69) is 10.6 Å². The van der Waals surface area contributed by atoms with Crippen LogP contribution in [-0.4, -0.2) is 11.1 Å². The Kier molecular flexibility index (Phi) is 3.08. The molecule has 1 saturated carbocycles. The van der Waals surface area contributed by atoms with E-state index in [1.807, 2.05) is 18.3 Å². The number of hydrogen-bond donors (Lipinski definition) is 1. The van der Waals surface area contributed by atoms with Gasteiger partial charge >= 0.3 is 0 Å². The summed E-state index contributed by atoms with van der Waals surface area (Å²) in [5.41, 5.74) is 6.45. The van der Waals surface area contributed by atoms with Crippen molar-refractivity contribution >= 4 is 0 Å². The molecule has 1 heterocycles. The highest BCUT2D eigenvalue weighted by atomic mass is 15.0. The van der Waals surface area contributed by atoms with Crippen molar-refractivity contribution in [1.29, 1.82) is 5.26 Å². The van der Waals surface area contributed by atoms with E-state index in [9.17, 15) is 0 Å². The molecule has 0 atom stereocenters. The zero-order valence-electron chi connectivity index (χ0n) is 8.89. The summed E-state index contributed by atoms with van der Waals surface area (Å²) in [6, 6.07) is 6.58. The summed E-state index contributed by atoms with van der Waals surface area (Å²) >= 11 is 0. The van der Waals surface area contributed by atoms with Crippen molar-refractivity contribution in [2.45, 2.75) is 31.7 Å². The summed E-state index contributed by atoms with van der Waals surface area (Å²) in [5.74, 6) is 0.697. The minimum atomic E-state index is 0.512. The lowest BCUT2D eigenvalue weighted by atomic mass is 9.86. The fraction of sp³-hybridized carbons (Fsp3) is 0.583. The number of rotatable bonds is 2. The van der Waals surface area contributed by atoms with Crippen LogP contribution in [0.3, 0.4) is 0 Å². The maximum atomic E-state index is 8.95. The zero-order chi connectivity index (χ0) is 10.7. The van der Waals surface area contributed by atoms with Crippen LogP contribution >= 0.6 is 0 Å². The maximum Gasteiger partial charge on any atom is 0.120 e. The van der Waals surface area contributed by atoms with E-state index >= 15 is 0 Å². The molecular weight excluding hydrogens is 186 g/mol. The Labute approximate surface area is 90.5 Å². The Morgan fingerprint density at radius 3 is 2.73 bits per heavy atom. The van der Waals surface area contributed by atoms with Crippen LogP contribution in [0.1, 0.15) is 37.4 Å². The lowest BCUT2D eigenvalue weighted by molar-refractivity contribution is 0.279. The lowest BCUT2D eigenvalue weighted by Crippen LogP contribution is -2.23. The van der Waals surface area contributed by atoms with Crippen LogP contribution in [-0.2, 0) is 0 Å². The van der Waals surface area contributed by atoms with Crippen molar-refractivity contribution in [3.05, 3.63) is 24.0 Å². The van der Waals surface area contributed by atoms with Crippen LogP contribution in [0.15, 0.2) is 18.3 Å². The Bertz CT molecular complexity index is 353. The maximum absolute atomic E-state index is 8.95. The van der Waals surface area contributed by atoms with Gasteiger partial charge in [0.15, 0.2) is 0 Å². The molecule has 2 rings (SSSR count). The number of nitrogens with zero attached hydrogens (tertiary/aromatic N) is 2. The van der Waals surface area contributed by atoms with Crippen molar-refractivity contribution in [1.82, 2.24) is 4.57 Å². The monoisotopic (exact) mass is 203 g/mol. The van der Waals surface area contributed by atoms with Crippen LogP contribution in [0.4, 0.5) is 0 Å². The second-order valence-electron chi connectivity index (χ2n) is 4.32. The number of nitrogens with two attached hydrogens (primary N) is 1. The normalized spacial score (nSPS) is 26.1. The second kappa shape index (κ2) is 4.50. The molecule has 1 aliphatic rings. The van der Waals surface area contributed by atoms with E-state index in [1.165, 1.54) is 12.8 Å². The first-order valence-corrected chi connectivity index (χ1v) is 5.62. The first kappa shape index (κ1) is 10.3. The number of nitriles is 1. The third kappa shape index (κ3) is 2.05. The first-order chi connectivity index (χ1) is 7.35. The highest BCUT2D eigenvalue weighted by Crippen LogP contribution is 2.32. The second-order valence-corrected chi connectivity index (χ2v) is 4.32. The van der Waals surface area contributed by atoms with Crippen LogP contribution in [0, 0.1) is 17.2 Å². The van der Waals surface area contributed by atoms with E-state index in [4.69, 9.17) is 11.0 Å².